The summed E-state index contributed by atoms with van der Waals surface area (Å²) >= 11 is 0. The smallest absolute Gasteiger partial charge is 0.308 e. The van der Waals surface area contributed by atoms with Gasteiger partial charge in [-0.05, 0) is 38.5 Å². The van der Waals surface area contributed by atoms with Gasteiger partial charge < -0.3 is 24.4 Å². The summed E-state index contributed by atoms with van der Waals surface area (Å²) in [6.07, 6.45) is 0.275. The maximum absolute atomic E-state index is 13.1. The lowest BCUT2D eigenvalue weighted by Gasteiger charge is -2.34. The molecule has 1 heterocycles. The minimum absolute atomic E-state index is 0.174. The Kier molecular flexibility index (Phi) is 8.92. The number of hydrogen-bond acceptors (Lipinski definition) is 6. The molecule has 0 spiro atoms. The summed E-state index contributed by atoms with van der Waals surface area (Å²) in [6, 6.07) is 5.88. The maximum Gasteiger partial charge on any atom is 0.308 e. The lowest BCUT2D eigenvalue weighted by atomic mass is 10.1. The van der Waals surface area contributed by atoms with Crippen LogP contribution in [-0.4, -0.2) is 67.7 Å². The van der Waals surface area contributed by atoms with Crippen LogP contribution in [0.25, 0.3) is 0 Å². The molecule has 0 aliphatic carbocycles. The molecule has 160 valence electrons. The van der Waals surface area contributed by atoms with Crippen LogP contribution < -0.4 is 10.1 Å². The van der Waals surface area contributed by atoms with E-state index >= 15 is 0 Å². The van der Waals surface area contributed by atoms with Gasteiger partial charge in [0.2, 0.25) is 5.91 Å². The Labute approximate surface area is 171 Å². The fourth-order valence-corrected chi connectivity index (χ4v) is 2.92. The summed E-state index contributed by atoms with van der Waals surface area (Å²) in [5.74, 6) is -0.622. The second-order valence-corrected chi connectivity index (χ2v) is 6.79. The first-order chi connectivity index (χ1) is 14.0. The Morgan fingerprint density at radius 3 is 2.79 bits per heavy atom. The number of esters is 1. The average Bonchev–Trinajstić information content (AvgIpc) is 2.72. The van der Waals surface area contributed by atoms with Gasteiger partial charge in [-0.15, -0.1) is 0 Å². The lowest BCUT2D eigenvalue weighted by Crippen LogP contribution is -2.57. The molecule has 1 aromatic rings. The highest BCUT2D eigenvalue weighted by Crippen LogP contribution is 2.19. The van der Waals surface area contributed by atoms with Gasteiger partial charge in [-0.3, -0.25) is 14.4 Å². The predicted octanol–water partition coefficient (Wildman–Crippen LogP) is 1.77. The van der Waals surface area contributed by atoms with Crippen LogP contribution in [-0.2, 0) is 19.1 Å². The number of nitrogens with zero attached hydrogens (tertiary/aromatic N) is 1. The van der Waals surface area contributed by atoms with Crippen LogP contribution >= 0.6 is 0 Å². The molecule has 8 nitrogen and oxygen atoms in total. The highest BCUT2D eigenvalue weighted by molar-refractivity contribution is 5.99. The van der Waals surface area contributed by atoms with Crippen LogP contribution in [0, 0.1) is 0 Å². The molecule has 2 unspecified atom stereocenters. The third-order valence-corrected chi connectivity index (χ3v) is 4.64. The van der Waals surface area contributed by atoms with Gasteiger partial charge in [0.05, 0.1) is 19.1 Å². The Morgan fingerprint density at radius 1 is 1.28 bits per heavy atom. The zero-order valence-electron chi connectivity index (χ0n) is 17.3. The van der Waals surface area contributed by atoms with Gasteiger partial charge in [-0.25, -0.2) is 0 Å². The number of carbonyl (C=O) groups excluding carboxylic acids is 3. The summed E-state index contributed by atoms with van der Waals surface area (Å²) in [7, 11) is 0. The molecular formula is C21H30N2O6. The van der Waals surface area contributed by atoms with Gasteiger partial charge in [-0.2, -0.15) is 0 Å². The van der Waals surface area contributed by atoms with Crippen molar-refractivity contribution in [2.24, 2.45) is 0 Å². The van der Waals surface area contributed by atoms with Crippen molar-refractivity contribution in [3.8, 4) is 5.75 Å². The third-order valence-electron chi connectivity index (χ3n) is 4.64. The molecule has 1 aliphatic heterocycles. The monoisotopic (exact) mass is 406 g/mol. The fourth-order valence-electron chi connectivity index (χ4n) is 2.92. The minimum atomic E-state index is -0.893. The summed E-state index contributed by atoms with van der Waals surface area (Å²) in [5, 5.41) is 2.71. The van der Waals surface area contributed by atoms with Crippen molar-refractivity contribution >= 4 is 17.8 Å². The summed E-state index contributed by atoms with van der Waals surface area (Å²) in [4.78, 5) is 39.0. The second kappa shape index (κ2) is 11.4. The molecule has 29 heavy (non-hydrogen) atoms. The topological polar surface area (TPSA) is 94.2 Å². The standard InChI is InChI=1S/C21H30N2O6/c1-4-15(3)29-19(24)14-18-20(25)22-9-10-23(18)21(26)16-7-6-8-17(13-16)28-12-11-27-5-2/h6-8,13,15,18H,4-5,9-12,14H2,1-3H3,(H,22,25). The number of hydrogen-bond donors (Lipinski definition) is 1. The van der Waals surface area contributed by atoms with E-state index in [4.69, 9.17) is 14.2 Å². The van der Waals surface area contributed by atoms with Crippen molar-refractivity contribution in [1.29, 1.82) is 0 Å². The molecule has 1 saturated heterocycles. The van der Waals surface area contributed by atoms with Gasteiger partial charge >= 0.3 is 5.97 Å². The van der Waals surface area contributed by atoms with Gasteiger partial charge in [0.1, 0.15) is 18.4 Å². The molecule has 0 bridgehead atoms. The zero-order valence-corrected chi connectivity index (χ0v) is 17.3. The van der Waals surface area contributed by atoms with E-state index in [1.165, 1.54) is 4.90 Å². The Hall–Kier alpha value is -2.61. The molecule has 0 saturated carbocycles. The minimum Gasteiger partial charge on any atom is -0.491 e. The number of benzene rings is 1. The lowest BCUT2D eigenvalue weighted by molar-refractivity contribution is -0.151. The van der Waals surface area contributed by atoms with Crippen molar-refractivity contribution in [3.05, 3.63) is 29.8 Å². The first kappa shape index (κ1) is 22.7. The van der Waals surface area contributed by atoms with Gasteiger partial charge in [-0.1, -0.05) is 13.0 Å². The van der Waals surface area contributed by atoms with E-state index in [0.29, 0.717) is 50.6 Å². The summed E-state index contributed by atoms with van der Waals surface area (Å²) in [5.41, 5.74) is 0.397. The molecule has 0 aromatic heterocycles. The molecule has 2 atom stereocenters. The molecule has 1 fully saturated rings. The van der Waals surface area contributed by atoms with Crippen LogP contribution in [0.1, 0.15) is 44.0 Å². The Bertz CT molecular complexity index is 708. The molecular weight excluding hydrogens is 376 g/mol. The van der Waals surface area contributed by atoms with Gasteiger partial charge in [0.25, 0.3) is 5.91 Å². The van der Waals surface area contributed by atoms with E-state index in [-0.39, 0.29) is 24.3 Å². The van der Waals surface area contributed by atoms with E-state index in [2.05, 4.69) is 5.32 Å². The molecule has 2 rings (SSSR count). The Balaban J connectivity index is 2.08. The van der Waals surface area contributed by atoms with E-state index < -0.39 is 12.0 Å². The Morgan fingerprint density at radius 2 is 2.07 bits per heavy atom. The quantitative estimate of drug-likeness (QED) is 0.470. The summed E-state index contributed by atoms with van der Waals surface area (Å²) < 4.78 is 16.1. The van der Waals surface area contributed by atoms with Crippen LogP contribution in [0.2, 0.25) is 0 Å². The van der Waals surface area contributed by atoms with E-state index in [9.17, 15) is 14.4 Å². The number of piperazine rings is 1. The van der Waals surface area contributed by atoms with Gasteiger partial charge in [0, 0.05) is 25.3 Å². The highest BCUT2D eigenvalue weighted by atomic mass is 16.5. The molecule has 1 aliphatic rings. The SMILES string of the molecule is CCOCCOc1cccc(C(=O)N2CCNC(=O)C2CC(=O)OC(C)CC)c1. The first-order valence-corrected chi connectivity index (χ1v) is 10.0. The van der Waals surface area contributed by atoms with Crippen LogP contribution in [0.5, 0.6) is 5.75 Å². The number of carbonyl (C=O) groups is 3. The molecule has 1 N–H and O–H groups in total. The highest BCUT2D eigenvalue weighted by Gasteiger charge is 2.35. The van der Waals surface area contributed by atoms with E-state index in [1.54, 1.807) is 31.2 Å². The zero-order chi connectivity index (χ0) is 21.2. The van der Waals surface area contributed by atoms with Crippen molar-refractivity contribution in [2.75, 3.05) is 32.9 Å². The molecule has 8 heteroatoms. The van der Waals surface area contributed by atoms with Crippen molar-refractivity contribution in [2.45, 2.75) is 45.8 Å². The van der Waals surface area contributed by atoms with Crippen LogP contribution in [0.4, 0.5) is 0 Å². The largest absolute Gasteiger partial charge is 0.491 e. The van der Waals surface area contributed by atoms with E-state index in [1.807, 2.05) is 13.8 Å². The first-order valence-electron chi connectivity index (χ1n) is 10.0. The number of ether oxygens (including phenoxy) is 3. The maximum atomic E-state index is 13.1. The number of amides is 2. The van der Waals surface area contributed by atoms with Gasteiger partial charge in [0.15, 0.2) is 0 Å². The summed E-state index contributed by atoms with van der Waals surface area (Å²) in [6.45, 7) is 7.71. The fraction of sp³-hybridized carbons (Fsp3) is 0.571. The molecule has 1 aromatic carbocycles. The second-order valence-electron chi connectivity index (χ2n) is 6.79. The molecule has 0 radical (unpaired) electrons. The van der Waals surface area contributed by atoms with Crippen LogP contribution in [0.3, 0.4) is 0 Å². The van der Waals surface area contributed by atoms with Crippen molar-refractivity contribution in [3.63, 3.8) is 0 Å². The average molecular weight is 406 g/mol. The number of rotatable bonds is 10. The van der Waals surface area contributed by atoms with Crippen molar-refractivity contribution in [1.82, 2.24) is 10.2 Å². The molecule has 2 amide bonds. The van der Waals surface area contributed by atoms with Crippen molar-refractivity contribution < 1.29 is 28.6 Å². The predicted molar refractivity (Wildman–Crippen MR) is 107 cm³/mol. The van der Waals surface area contributed by atoms with E-state index in [0.717, 1.165) is 0 Å². The third kappa shape index (κ3) is 6.74. The normalized spacial score (nSPS) is 17.4. The number of nitrogens with one attached hydrogen (secondary N) is 1. The van der Waals surface area contributed by atoms with Crippen LogP contribution in [0.15, 0.2) is 24.3 Å².